The predicted octanol–water partition coefficient (Wildman–Crippen LogP) is -2.46. The van der Waals surface area contributed by atoms with Crippen LogP contribution in [0.2, 0.25) is 0 Å². The number of hydrogen-bond donors (Lipinski definition) is 0. The molecular weight excluding hydrogens is 204 g/mol. The summed E-state index contributed by atoms with van der Waals surface area (Å²) in [5, 5.41) is 0. The zero-order chi connectivity index (χ0) is 11.6. The summed E-state index contributed by atoms with van der Waals surface area (Å²) in [5.74, 6) is 0. The first-order valence-corrected chi connectivity index (χ1v) is 3.91. The largest absolute Gasteiger partial charge is 0.337 e. The van der Waals surface area contributed by atoms with Crippen LogP contribution in [0.3, 0.4) is 0 Å². The highest BCUT2D eigenvalue weighted by atomic mass is 16.2. The van der Waals surface area contributed by atoms with Crippen molar-refractivity contribution < 1.29 is 4.79 Å². The normalized spacial score (nSPS) is 9.73. The summed E-state index contributed by atoms with van der Waals surface area (Å²) >= 11 is 0. The van der Waals surface area contributed by atoms with Crippen LogP contribution in [-0.2, 0) is 25.6 Å². The molecule has 0 bridgehead atoms. The van der Waals surface area contributed by atoms with Crippen molar-refractivity contribution in [2.75, 3.05) is 0 Å². The van der Waals surface area contributed by atoms with Crippen molar-refractivity contribution in [3.8, 4) is 0 Å². The summed E-state index contributed by atoms with van der Waals surface area (Å²) in [6.45, 7) is -0.441. The molecule has 1 aromatic rings. The molecule has 8 nitrogen and oxygen atoms in total. The van der Waals surface area contributed by atoms with Gasteiger partial charge in [0.05, 0.1) is 0 Å². The molecule has 0 aliphatic heterocycles. The molecule has 0 aliphatic carbocycles. The predicted molar refractivity (Wildman–Crippen MR) is 49.3 cm³/mol. The SMILES string of the molecule is Cn1c(=O)n(C)c(=O)n(CN=C=O)c1=O. The molecule has 0 saturated heterocycles. The van der Waals surface area contributed by atoms with Gasteiger partial charge >= 0.3 is 17.1 Å². The molecule has 0 fully saturated rings. The molecule has 0 spiro atoms. The molecule has 0 amide bonds. The van der Waals surface area contributed by atoms with Crippen molar-refractivity contribution >= 4 is 6.08 Å². The van der Waals surface area contributed by atoms with Crippen molar-refractivity contribution in [2.24, 2.45) is 19.1 Å². The lowest BCUT2D eigenvalue weighted by Crippen LogP contribution is -2.52. The fourth-order valence-electron chi connectivity index (χ4n) is 1.05. The summed E-state index contributed by atoms with van der Waals surface area (Å²) in [7, 11) is 2.45. The molecule has 15 heavy (non-hydrogen) atoms. The Morgan fingerprint density at radius 3 is 1.93 bits per heavy atom. The monoisotopic (exact) mass is 212 g/mol. The van der Waals surface area contributed by atoms with Crippen molar-refractivity contribution in [1.29, 1.82) is 0 Å². The van der Waals surface area contributed by atoms with Gasteiger partial charge in [-0.2, -0.15) is 4.99 Å². The second-order valence-electron chi connectivity index (χ2n) is 2.78. The zero-order valence-electron chi connectivity index (χ0n) is 8.13. The Bertz CT molecular complexity index is 559. The van der Waals surface area contributed by atoms with Gasteiger partial charge in [-0.3, -0.25) is 0 Å². The Hall–Kier alpha value is -2.21. The lowest BCUT2D eigenvalue weighted by Gasteiger charge is -2.05. The molecule has 0 atom stereocenters. The fraction of sp³-hybridized carbons (Fsp3) is 0.429. The van der Waals surface area contributed by atoms with E-state index in [2.05, 4.69) is 4.99 Å². The lowest BCUT2D eigenvalue weighted by molar-refractivity contribution is 0.506. The second kappa shape index (κ2) is 3.89. The number of rotatable bonds is 2. The summed E-state index contributed by atoms with van der Waals surface area (Å²) in [6, 6.07) is 0. The third-order valence-electron chi connectivity index (χ3n) is 1.89. The van der Waals surface area contributed by atoms with Gasteiger partial charge in [-0.25, -0.2) is 32.9 Å². The van der Waals surface area contributed by atoms with Crippen molar-refractivity contribution in [2.45, 2.75) is 6.67 Å². The van der Waals surface area contributed by atoms with E-state index in [0.29, 0.717) is 4.57 Å². The molecule has 0 radical (unpaired) electrons. The van der Waals surface area contributed by atoms with Gasteiger partial charge in [-0.05, 0) is 0 Å². The van der Waals surface area contributed by atoms with Crippen LogP contribution in [-0.4, -0.2) is 19.8 Å². The Morgan fingerprint density at radius 1 is 1.07 bits per heavy atom. The van der Waals surface area contributed by atoms with E-state index in [1.54, 1.807) is 0 Å². The van der Waals surface area contributed by atoms with Crippen LogP contribution < -0.4 is 17.1 Å². The van der Waals surface area contributed by atoms with E-state index in [-0.39, 0.29) is 0 Å². The minimum Gasteiger partial charge on any atom is -0.248 e. The summed E-state index contributed by atoms with van der Waals surface area (Å²) in [6.07, 6.45) is 1.20. The van der Waals surface area contributed by atoms with Crippen LogP contribution in [0.1, 0.15) is 0 Å². The number of aliphatic imine (C=N–C) groups is 1. The van der Waals surface area contributed by atoms with Crippen LogP contribution in [0, 0.1) is 0 Å². The quantitative estimate of drug-likeness (QED) is 0.401. The highest BCUT2D eigenvalue weighted by molar-refractivity contribution is 5.32. The van der Waals surface area contributed by atoms with Crippen molar-refractivity contribution in [3.05, 3.63) is 31.5 Å². The lowest BCUT2D eigenvalue weighted by atomic mass is 10.8. The van der Waals surface area contributed by atoms with Gasteiger partial charge < -0.3 is 0 Å². The highest BCUT2D eigenvalue weighted by Gasteiger charge is 2.08. The first-order chi connectivity index (χ1) is 7.00. The van der Waals surface area contributed by atoms with Crippen molar-refractivity contribution in [1.82, 2.24) is 13.7 Å². The third-order valence-corrected chi connectivity index (χ3v) is 1.89. The molecule has 1 aromatic heterocycles. The molecule has 1 heterocycles. The van der Waals surface area contributed by atoms with Gasteiger partial charge in [-0.1, -0.05) is 0 Å². The standard InChI is InChI=1S/C7H8N4O4/c1-9-5(13)10(2)7(15)11(6(9)14)3-8-4-12/h3H2,1-2H3. The van der Waals surface area contributed by atoms with E-state index in [4.69, 9.17) is 0 Å². The first kappa shape index (κ1) is 10.9. The number of hydrogen-bond acceptors (Lipinski definition) is 5. The first-order valence-electron chi connectivity index (χ1n) is 3.91. The summed E-state index contributed by atoms with van der Waals surface area (Å²) < 4.78 is 2.16. The Morgan fingerprint density at radius 2 is 1.53 bits per heavy atom. The van der Waals surface area contributed by atoms with Gasteiger partial charge in [0, 0.05) is 14.1 Å². The van der Waals surface area contributed by atoms with Crippen LogP contribution >= 0.6 is 0 Å². The van der Waals surface area contributed by atoms with E-state index in [1.165, 1.54) is 20.2 Å². The maximum absolute atomic E-state index is 11.4. The molecule has 0 aliphatic rings. The van der Waals surface area contributed by atoms with Crippen LogP contribution in [0.15, 0.2) is 19.4 Å². The Balaban J connectivity index is 3.68. The van der Waals surface area contributed by atoms with E-state index < -0.39 is 23.7 Å². The Labute approximate surface area is 82.7 Å². The van der Waals surface area contributed by atoms with E-state index in [0.717, 1.165) is 9.13 Å². The molecule has 0 saturated carbocycles. The number of isocyanates is 1. The zero-order valence-corrected chi connectivity index (χ0v) is 8.13. The molecule has 8 heteroatoms. The number of carbonyl (C=O) groups excluding carboxylic acids is 1. The second-order valence-corrected chi connectivity index (χ2v) is 2.78. The molecule has 80 valence electrons. The van der Waals surface area contributed by atoms with Crippen LogP contribution in [0.5, 0.6) is 0 Å². The molecule has 0 aromatic carbocycles. The van der Waals surface area contributed by atoms with Gasteiger partial charge in [0.2, 0.25) is 6.08 Å². The molecule has 0 unspecified atom stereocenters. The maximum Gasteiger partial charge on any atom is 0.337 e. The van der Waals surface area contributed by atoms with Crippen molar-refractivity contribution in [3.63, 3.8) is 0 Å². The fourth-order valence-corrected chi connectivity index (χ4v) is 1.05. The molecule has 0 N–H and O–H groups in total. The third kappa shape index (κ3) is 1.70. The van der Waals surface area contributed by atoms with Crippen LogP contribution in [0.25, 0.3) is 0 Å². The van der Waals surface area contributed by atoms with E-state index >= 15 is 0 Å². The van der Waals surface area contributed by atoms with E-state index in [1.807, 2.05) is 0 Å². The molecular formula is C7H8N4O4. The minimum atomic E-state index is -0.818. The van der Waals surface area contributed by atoms with E-state index in [9.17, 15) is 19.2 Å². The number of aromatic nitrogens is 3. The highest BCUT2D eigenvalue weighted by Crippen LogP contribution is 1.70. The minimum absolute atomic E-state index is 0.441. The van der Waals surface area contributed by atoms with Gasteiger partial charge in [0.25, 0.3) is 0 Å². The summed E-state index contributed by atoms with van der Waals surface area (Å²) in [4.78, 5) is 47.0. The average molecular weight is 212 g/mol. The summed E-state index contributed by atoms with van der Waals surface area (Å²) in [5.41, 5.74) is -2.36. The van der Waals surface area contributed by atoms with Gasteiger partial charge in [0.15, 0.2) is 0 Å². The van der Waals surface area contributed by atoms with Gasteiger partial charge in [0.1, 0.15) is 6.67 Å². The Kier molecular flexibility index (Phi) is 2.82. The smallest absolute Gasteiger partial charge is 0.248 e. The van der Waals surface area contributed by atoms with Gasteiger partial charge in [-0.15, -0.1) is 0 Å². The number of nitrogens with zero attached hydrogens (tertiary/aromatic N) is 4. The van der Waals surface area contributed by atoms with Crippen LogP contribution in [0.4, 0.5) is 0 Å². The molecule has 1 rings (SSSR count). The topological polar surface area (TPSA) is 95.4 Å². The maximum atomic E-state index is 11.4. The average Bonchev–Trinajstić information content (AvgIpc) is 2.24.